The number of nitrogens with zero attached hydrogens (tertiary/aromatic N) is 2. The normalized spacial score (nSPS) is 19.5. The lowest BCUT2D eigenvalue weighted by molar-refractivity contribution is 0.104. The zero-order valence-corrected chi connectivity index (χ0v) is 11.5. The Hall–Kier alpha value is -0.730. The number of guanidine groups is 1. The first kappa shape index (κ1) is 13.3. The van der Waals surface area contributed by atoms with Gasteiger partial charge in [0.15, 0.2) is 5.96 Å². The monoisotopic (exact) mass is 225 g/mol. The number of hydrogen-bond donors (Lipinski definition) is 1. The first-order valence-corrected chi connectivity index (χ1v) is 6.37. The molecule has 0 amide bonds. The summed E-state index contributed by atoms with van der Waals surface area (Å²) in [6, 6.07) is 0. The summed E-state index contributed by atoms with van der Waals surface area (Å²) in [6.07, 6.45) is 5.49. The predicted octanol–water partition coefficient (Wildman–Crippen LogP) is 2.34. The molecule has 0 unspecified atom stereocenters. The number of aliphatic imine (C=N–C) groups is 1. The van der Waals surface area contributed by atoms with Gasteiger partial charge in [-0.2, -0.15) is 0 Å². The van der Waals surface area contributed by atoms with E-state index in [0.717, 1.165) is 18.4 Å². The average Bonchev–Trinajstić information content (AvgIpc) is 2.13. The zero-order chi connectivity index (χ0) is 12.2. The van der Waals surface area contributed by atoms with Crippen LogP contribution in [-0.4, -0.2) is 38.5 Å². The standard InChI is InChI=1S/C13H27N3/c1-11(2)9-13(7-6-8-13)10-15-12(14-3)16(4)5/h11H,6-10H2,1-5H3,(H,14,15). The topological polar surface area (TPSA) is 27.6 Å². The molecule has 1 rings (SSSR count). The van der Waals surface area contributed by atoms with E-state index in [4.69, 9.17) is 0 Å². The summed E-state index contributed by atoms with van der Waals surface area (Å²) in [6.45, 7) is 5.72. The van der Waals surface area contributed by atoms with Crippen molar-refractivity contribution in [2.75, 3.05) is 27.7 Å². The van der Waals surface area contributed by atoms with Crippen molar-refractivity contribution >= 4 is 5.96 Å². The Bertz CT molecular complexity index is 240. The lowest BCUT2D eigenvalue weighted by atomic mass is 9.64. The predicted molar refractivity (Wildman–Crippen MR) is 70.8 cm³/mol. The Morgan fingerprint density at radius 1 is 1.38 bits per heavy atom. The minimum absolute atomic E-state index is 0.542. The summed E-state index contributed by atoms with van der Waals surface area (Å²) in [7, 11) is 5.91. The van der Waals surface area contributed by atoms with Gasteiger partial charge < -0.3 is 10.2 Å². The minimum atomic E-state index is 0.542. The Labute approximate surface area is 100 Å². The van der Waals surface area contributed by atoms with Crippen molar-refractivity contribution in [2.24, 2.45) is 16.3 Å². The van der Waals surface area contributed by atoms with Crippen LogP contribution >= 0.6 is 0 Å². The largest absolute Gasteiger partial charge is 0.356 e. The highest BCUT2D eigenvalue weighted by atomic mass is 15.3. The van der Waals surface area contributed by atoms with Gasteiger partial charge in [0.25, 0.3) is 0 Å². The van der Waals surface area contributed by atoms with E-state index in [1.54, 1.807) is 0 Å². The summed E-state index contributed by atoms with van der Waals surface area (Å²) < 4.78 is 0. The van der Waals surface area contributed by atoms with E-state index in [-0.39, 0.29) is 0 Å². The van der Waals surface area contributed by atoms with Crippen molar-refractivity contribution in [3.8, 4) is 0 Å². The Kier molecular flexibility index (Phi) is 4.63. The highest BCUT2D eigenvalue weighted by Crippen LogP contribution is 2.45. The maximum Gasteiger partial charge on any atom is 0.193 e. The van der Waals surface area contributed by atoms with Crippen LogP contribution in [0.15, 0.2) is 4.99 Å². The molecule has 0 atom stereocenters. The Morgan fingerprint density at radius 2 is 2.00 bits per heavy atom. The first-order chi connectivity index (χ1) is 7.49. The van der Waals surface area contributed by atoms with Gasteiger partial charge in [-0.15, -0.1) is 0 Å². The summed E-state index contributed by atoms with van der Waals surface area (Å²) in [5.41, 5.74) is 0.542. The van der Waals surface area contributed by atoms with Gasteiger partial charge in [-0.25, -0.2) is 0 Å². The molecule has 3 heteroatoms. The lowest BCUT2D eigenvalue weighted by Gasteiger charge is -2.44. The van der Waals surface area contributed by atoms with Crippen LogP contribution in [-0.2, 0) is 0 Å². The molecule has 0 aromatic rings. The van der Waals surface area contributed by atoms with E-state index >= 15 is 0 Å². The summed E-state index contributed by atoms with van der Waals surface area (Å²) >= 11 is 0. The number of hydrogen-bond acceptors (Lipinski definition) is 1. The molecule has 0 aromatic heterocycles. The van der Waals surface area contributed by atoms with Crippen molar-refractivity contribution in [1.29, 1.82) is 0 Å². The van der Waals surface area contributed by atoms with Gasteiger partial charge in [-0.1, -0.05) is 20.3 Å². The van der Waals surface area contributed by atoms with Crippen LogP contribution in [0.5, 0.6) is 0 Å². The first-order valence-electron chi connectivity index (χ1n) is 6.37. The summed E-state index contributed by atoms with van der Waals surface area (Å²) in [4.78, 5) is 6.30. The fourth-order valence-electron chi connectivity index (χ4n) is 2.70. The van der Waals surface area contributed by atoms with Crippen LogP contribution in [0.25, 0.3) is 0 Å². The second-order valence-corrected chi connectivity index (χ2v) is 5.75. The van der Waals surface area contributed by atoms with E-state index in [9.17, 15) is 0 Å². The van der Waals surface area contributed by atoms with Crippen LogP contribution in [0.1, 0.15) is 39.5 Å². The molecule has 0 spiro atoms. The van der Waals surface area contributed by atoms with Crippen molar-refractivity contribution in [2.45, 2.75) is 39.5 Å². The SMILES string of the molecule is CN=C(NCC1(CC(C)C)CCC1)N(C)C. The molecule has 1 saturated carbocycles. The molecule has 16 heavy (non-hydrogen) atoms. The maximum absolute atomic E-state index is 4.26. The van der Waals surface area contributed by atoms with Gasteiger partial charge in [0.2, 0.25) is 0 Å². The molecule has 1 N–H and O–H groups in total. The van der Waals surface area contributed by atoms with Gasteiger partial charge in [0.1, 0.15) is 0 Å². The van der Waals surface area contributed by atoms with Crippen LogP contribution in [0.3, 0.4) is 0 Å². The van der Waals surface area contributed by atoms with E-state index in [1.807, 2.05) is 26.0 Å². The Morgan fingerprint density at radius 3 is 2.31 bits per heavy atom. The summed E-state index contributed by atoms with van der Waals surface area (Å²) in [5.74, 6) is 1.79. The molecule has 1 aliphatic carbocycles. The van der Waals surface area contributed by atoms with Crippen LogP contribution in [0.2, 0.25) is 0 Å². The number of rotatable bonds is 4. The Balaban J connectivity index is 2.45. The molecule has 1 fully saturated rings. The fraction of sp³-hybridized carbons (Fsp3) is 0.923. The quantitative estimate of drug-likeness (QED) is 0.587. The van der Waals surface area contributed by atoms with Gasteiger partial charge in [-0.05, 0) is 30.6 Å². The highest BCUT2D eigenvalue weighted by molar-refractivity contribution is 5.79. The molecule has 1 aliphatic rings. The van der Waals surface area contributed by atoms with E-state index in [0.29, 0.717) is 5.41 Å². The molecule has 3 nitrogen and oxygen atoms in total. The molecule has 94 valence electrons. The van der Waals surface area contributed by atoms with Crippen molar-refractivity contribution < 1.29 is 0 Å². The maximum atomic E-state index is 4.26. The van der Waals surface area contributed by atoms with Gasteiger partial charge in [-0.3, -0.25) is 4.99 Å². The second-order valence-electron chi connectivity index (χ2n) is 5.75. The van der Waals surface area contributed by atoms with Crippen LogP contribution in [0, 0.1) is 11.3 Å². The van der Waals surface area contributed by atoms with Gasteiger partial charge in [0, 0.05) is 27.7 Å². The molecule has 0 aromatic carbocycles. The molecule has 0 saturated heterocycles. The molecule has 0 radical (unpaired) electrons. The highest BCUT2D eigenvalue weighted by Gasteiger charge is 2.37. The third kappa shape index (κ3) is 3.39. The average molecular weight is 225 g/mol. The molecule has 0 heterocycles. The third-order valence-corrected chi connectivity index (χ3v) is 3.51. The smallest absolute Gasteiger partial charge is 0.193 e. The van der Waals surface area contributed by atoms with Crippen molar-refractivity contribution in [1.82, 2.24) is 10.2 Å². The van der Waals surface area contributed by atoms with Gasteiger partial charge in [0.05, 0.1) is 0 Å². The zero-order valence-electron chi connectivity index (χ0n) is 11.5. The molecular weight excluding hydrogens is 198 g/mol. The minimum Gasteiger partial charge on any atom is -0.356 e. The molecule has 0 aliphatic heterocycles. The van der Waals surface area contributed by atoms with Crippen LogP contribution < -0.4 is 5.32 Å². The van der Waals surface area contributed by atoms with Crippen molar-refractivity contribution in [3.05, 3.63) is 0 Å². The third-order valence-electron chi connectivity index (χ3n) is 3.51. The van der Waals surface area contributed by atoms with Crippen LogP contribution in [0.4, 0.5) is 0 Å². The summed E-state index contributed by atoms with van der Waals surface area (Å²) in [5, 5.41) is 3.49. The fourth-order valence-corrected chi connectivity index (χ4v) is 2.70. The van der Waals surface area contributed by atoms with Gasteiger partial charge >= 0.3 is 0 Å². The molecule has 0 bridgehead atoms. The molecular formula is C13H27N3. The lowest BCUT2D eigenvalue weighted by Crippen LogP contribution is -2.46. The van der Waals surface area contributed by atoms with E-state index in [2.05, 4.69) is 24.2 Å². The van der Waals surface area contributed by atoms with E-state index in [1.165, 1.54) is 25.7 Å². The second kappa shape index (κ2) is 5.55. The number of nitrogens with one attached hydrogen (secondary N) is 1. The van der Waals surface area contributed by atoms with E-state index < -0.39 is 0 Å². The van der Waals surface area contributed by atoms with Crippen molar-refractivity contribution in [3.63, 3.8) is 0 Å².